The van der Waals surface area contributed by atoms with E-state index in [1.54, 1.807) is 18.2 Å². The molecule has 3 N–H and O–H groups in total. The number of rotatable bonds is 2. The van der Waals surface area contributed by atoms with Crippen LogP contribution < -0.4 is 11.1 Å². The molecule has 2 aromatic carbocycles. The molecule has 0 spiro atoms. The minimum absolute atomic E-state index is 0.189. The fourth-order valence-corrected chi connectivity index (χ4v) is 2.87. The van der Waals surface area contributed by atoms with Crippen LogP contribution in [-0.4, -0.2) is 5.91 Å². The van der Waals surface area contributed by atoms with Crippen LogP contribution in [0, 0.1) is 6.92 Å². The van der Waals surface area contributed by atoms with Crippen LogP contribution in [0.4, 0.5) is 11.4 Å². The van der Waals surface area contributed by atoms with Crippen molar-refractivity contribution in [1.82, 2.24) is 0 Å². The lowest BCUT2D eigenvalue weighted by molar-refractivity contribution is 0.102. The Morgan fingerprint density at radius 1 is 1.05 bits per heavy atom. The minimum Gasteiger partial charge on any atom is -0.399 e. The molecular weight excluding hydrogens is 372 g/mol. The summed E-state index contributed by atoms with van der Waals surface area (Å²) in [6.07, 6.45) is 0. The Morgan fingerprint density at radius 2 is 1.74 bits per heavy atom. The van der Waals surface area contributed by atoms with Gasteiger partial charge in [0.1, 0.15) is 0 Å². The van der Waals surface area contributed by atoms with Gasteiger partial charge in [-0.15, -0.1) is 0 Å². The highest BCUT2D eigenvalue weighted by atomic mass is 79.9. The standard InChI is InChI=1S/C14H12Br2N2O/c1-8-2-10(15)7-13(3-8)18-14(19)9-4-11(16)6-12(17)5-9/h2-7H,17H2,1H3,(H,18,19). The molecule has 0 aromatic heterocycles. The summed E-state index contributed by atoms with van der Waals surface area (Å²) in [5.41, 5.74) is 8.60. The van der Waals surface area contributed by atoms with Crippen molar-refractivity contribution in [2.24, 2.45) is 0 Å². The van der Waals surface area contributed by atoms with Crippen molar-refractivity contribution in [3.05, 3.63) is 56.5 Å². The van der Waals surface area contributed by atoms with E-state index in [9.17, 15) is 4.79 Å². The van der Waals surface area contributed by atoms with Gasteiger partial charge in [0, 0.05) is 25.9 Å². The minimum atomic E-state index is -0.189. The first kappa shape index (κ1) is 14.1. The smallest absolute Gasteiger partial charge is 0.255 e. The molecule has 0 heterocycles. The number of carbonyl (C=O) groups excluding carboxylic acids is 1. The van der Waals surface area contributed by atoms with Gasteiger partial charge < -0.3 is 11.1 Å². The molecule has 0 saturated heterocycles. The van der Waals surface area contributed by atoms with E-state index in [0.717, 1.165) is 20.2 Å². The molecule has 2 rings (SSSR count). The van der Waals surface area contributed by atoms with E-state index in [1.165, 1.54) is 0 Å². The second-order valence-electron chi connectivity index (χ2n) is 4.24. The Labute approximate surface area is 128 Å². The van der Waals surface area contributed by atoms with Crippen LogP contribution in [0.1, 0.15) is 15.9 Å². The third-order valence-electron chi connectivity index (χ3n) is 2.48. The fourth-order valence-electron chi connectivity index (χ4n) is 1.76. The highest BCUT2D eigenvalue weighted by molar-refractivity contribution is 9.10. The first-order valence-corrected chi connectivity index (χ1v) is 7.17. The molecule has 0 aliphatic heterocycles. The fraction of sp³-hybridized carbons (Fsp3) is 0.0714. The summed E-state index contributed by atoms with van der Waals surface area (Å²) >= 11 is 6.73. The third-order valence-corrected chi connectivity index (χ3v) is 3.40. The number of nitrogens with two attached hydrogens (primary N) is 1. The first-order chi connectivity index (χ1) is 8.94. The topological polar surface area (TPSA) is 55.1 Å². The van der Waals surface area contributed by atoms with Crippen molar-refractivity contribution in [3.8, 4) is 0 Å². The maximum atomic E-state index is 12.1. The maximum Gasteiger partial charge on any atom is 0.255 e. The summed E-state index contributed by atoms with van der Waals surface area (Å²) in [4.78, 5) is 12.1. The third kappa shape index (κ3) is 3.81. The van der Waals surface area contributed by atoms with Crippen molar-refractivity contribution in [3.63, 3.8) is 0 Å². The van der Waals surface area contributed by atoms with Gasteiger partial charge >= 0.3 is 0 Å². The molecule has 0 saturated carbocycles. The molecule has 19 heavy (non-hydrogen) atoms. The number of carbonyl (C=O) groups is 1. The number of nitrogens with one attached hydrogen (secondary N) is 1. The van der Waals surface area contributed by atoms with Gasteiger partial charge in [0.05, 0.1) is 0 Å². The molecule has 0 radical (unpaired) electrons. The number of anilines is 2. The van der Waals surface area contributed by atoms with Crippen LogP contribution in [0.25, 0.3) is 0 Å². The Kier molecular flexibility index (Phi) is 4.27. The second-order valence-corrected chi connectivity index (χ2v) is 6.08. The molecule has 1 amide bonds. The van der Waals surface area contributed by atoms with Crippen LogP contribution in [0.15, 0.2) is 45.3 Å². The zero-order valence-electron chi connectivity index (χ0n) is 10.2. The molecule has 0 fully saturated rings. The van der Waals surface area contributed by atoms with E-state index >= 15 is 0 Å². The SMILES string of the molecule is Cc1cc(Br)cc(NC(=O)c2cc(N)cc(Br)c2)c1. The van der Waals surface area contributed by atoms with Gasteiger partial charge in [0.15, 0.2) is 0 Å². The number of hydrogen-bond acceptors (Lipinski definition) is 2. The van der Waals surface area contributed by atoms with Gasteiger partial charge in [-0.2, -0.15) is 0 Å². The van der Waals surface area contributed by atoms with Crippen molar-refractivity contribution >= 4 is 49.1 Å². The van der Waals surface area contributed by atoms with Crippen molar-refractivity contribution in [2.45, 2.75) is 6.92 Å². The number of amides is 1. The number of aryl methyl sites for hydroxylation is 1. The quantitative estimate of drug-likeness (QED) is 0.757. The van der Waals surface area contributed by atoms with Gasteiger partial charge in [0.25, 0.3) is 5.91 Å². The van der Waals surface area contributed by atoms with Crippen LogP contribution in [0.2, 0.25) is 0 Å². The van der Waals surface area contributed by atoms with Crippen molar-refractivity contribution in [2.75, 3.05) is 11.1 Å². The largest absolute Gasteiger partial charge is 0.399 e. The lowest BCUT2D eigenvalue weighted by Crippen LogP contribution is -2.12. The lowest BCUT2D eigenvalue weighted by Gasteiger charge is -2.08. The summed E-state index contributed by atoms with van der Waals surface area (Å²) in [5.74, 6) is -0.189. The molecule has 3 nitrogen and oxygen atoms in total. The van der Waals surface area contributed by atoms with E-state index in [-0.39, 0.29) is 5.91 Å². The average Bonchev–Trinajstić information content (AvgIpc) is 2.25. The molecule has 98 valence electrons. The van der Waals surface area contributed by atoms with Crippen molar-refractivity contribution in [1.29, 1.82) is 0 Å². The monoisotopic (exact) mass is 382 g/mol. The van der Waals surface area contributed by atoms with E-state index in [0.29, 0.717) is 11.3 Å². The normalized spacial score (nSPS) is 10.3. The van der Waals surface area contributed by atoms with Crippen LogP contribution >= 0.6 is 31.9 Å². The number of nitrogen functional groups attached to an aromatic ring is 1. The second kappa shape index (κ2) is 5.75. The molecule has 2 aromatic rings. The van der Waals surface area contributed by atoms with E-state index in [1.807, 2.05) is 25.1 Å². The molecule has 0 aliphatic rings. The average molecular weight is 384 g/mol. The van der Waals surface area contributed by atoms with E-state index < -0.39 is 0 Å². The van der Waals surface area contributed by atoms with Crippen molar-refractivity contribution < 1.29 is 4.79 Å². The zero-order chi connectivity index (χ0) is 14.0. The van der Waals surface area contributed by atoms with Gasteiger partial charge in [-0.05, 0) is 48.9 Å². The molecule has 0 aliphatic carbocycles. The highest BCUT2D eigenvalue weighted by Crippen LogP contribution is 2.21. The summed E-state index contributed by atoms with van der Waals surface area (Å²) in [6.45, 7) is 1.97. The van der Waals surface area contributed by atoms with E-state index in [4.69, 9.17) is 5.73 Å². The predicted molar refractivity (Wildman–Crippen MR) is 85.4 cm³/mol. The van der Waals surface area contributed by atoms with Gasteiger partial charge in [-0.3, -0.25) is 4.79 Å². The maximum absolute atomic E-state index is 12.1. The Bertz CT molecular complexity index is 601. The molecule has 0 bridgehead atoms. The Balaban J connectivity index is 2.25. The van der Waals surface area contributed by atoms with Gasteiger partial charge in [-0.25, -0.2) is 0 Å². The Morgan fingerprint density at radius 3 is 2.37 bits per heavy atom. The predicted octanol–water partition coefficient (Wildman–Crippen LogP) is 4.35. The number of benzene rings is 2. The van der Waals surface area contributed by atoms with Crippen LogP contribution in [0.3, 0.4) is 0 Å². The zero-order valence-corrected chi connectivity index (χ0v) is 13.4. The highest BCUT2D eigenvalue weighted by Gasteiger charge is 2.08. The lowest BCUT2D eigenvalue weighted by atomic mass is 10.1. The summed E-state index contributed by atoms with van der Waals surface area (Å²) in [5, 5.41) is 2.85. The first-order valence-electron chi connectivity index (χ1n) is 5.58. The summed E-state index contributed by atoms with van der Waals surface area (Å²) < 4.78 is 1.71. The molecule has 0 unspecified atom stereocenters. The number of halogens is 2. The molecule has 5 heteroatoms. The number of hydrogen-bond donors (Lipinski definition) is 2. The van der Waals surface area contributed by atoms with Crippen LogP contribution in [0.5, 0.6) is 0 Å². The van der Waals surface area contributed by atoms with Crippen LogP contribution in [-0.2, 0) is 0 Å². The summed E-state index contributed by atoms with van der Waals surface area (Å²) in [7, 11) is 0. The Hall–Kier alpha value is -1.33. The van der Waals surface area contributed by atoms with E-state index in [2.05, 4.69) is 37.2 Å². The molecule has 0 atom stereocenters. The van der Waals surface area contributed by atoms with Gasteiger partial charge in [-0.1, -0.05) is 31.9 Å². The van der Waals surface area contributed by atoms with Gasteiger partial charge in [0.2, 0.25) is 0 Å². The summed E-state index contributed by atoms with van der Waals surface area (Å²) in [6, 6.07) is 10.9. The molecular formula is C14H12Br2N2O.